The van der Waals surface area contributed by atoms with E-state index in [1.807, 2.05) is 18.2 Å². The van der Waals surface area contributed by atoms with E-state index in [1.165, 1.54) is 12.8 Å². The molecule has 1 aromatic carbocycles. The molecular weight excluding hydrogens is 262 g/mol. The zero-order valence-electron chi connectivity index (χ0n) is 11.9. The molecule has 0 heterocycles. The number of halogens is 1. The van der Waals surface area contributed by atoms with Gasteiger partial charge in [-0.3, -0.25) is 0 Å². The Labute approximate surface area is 121 Å². The van der Waals surface area contributed by atoms with Crippen molar-refractivity contribution in [2.24, 2.45) is 0 Å². The van der Waals surface area contributed by atoms with E-state index in [1.54, 1.807) is 7.11 Å². The Hall–Kier alpha value is -0.770. The highest BCUT2D eigenvalue weighted by Crippen LogP contribution is 2.25. The van der Waals surface area contributed by atoms with Crippen LogP contribution >= 0.6 is 11.6 Å². The van der Waals surface area contributed by atoms with E-state index in [-0.39, 0.29) is 0 Å². The average Bonchev–Trinajstić information content (AvgIpc) is 2.42. The second kappa shape index (κ2) is 10.1. The Morgan fingerprint density at radius 3 is 2.74 bits per heavy atom. The molecule has 0 aromatic heterocycles. The van der Waals surface area contributed by atoms with E-state index in [2.05, 4.69) is 12.2 Å². The van der Waals surface area contributed by atoms with Crippen LogP contribution in [0.4, 0.5) is 0 Å². The highest BCUT2D eigenvalue weighted by atomic mass is 35.5. The van der Waals surface area contributed by atoms with Crippen LogP contribution in [0.15, 0.2) is 18.2 Å². The second-order valence-electron chi connectivity index (χ2n) is 4.49. The minimum atomic E-state index is 0.683. The van der Waals surface area contributed by atoms with Crippen LogP contribution < -0.4 is 10.1 Å². The first-order valence-corrected chi connectivity index (χ1v) is 7.26. The third kappa shape index (κ3) is 6.81. The third-order valence-corrected chi connectivity index (χ3v) is 3.11. The fourth-order valence-corrected chi connectivity index (χ4v) is 1.97. The number of ether oxygens (including phenoxy) is 2. The van der Waals surface area contributed by atoms with Crippen molar-refractivity contribution in [3.05, 3.63) is 28.8 Å². The SMILES string of the molecule is CCCCCOc1ccc(CNCCOC)cc1Cl. The number of nitrogens with one attached hydrogen (secondary N) is 1. The lowest BCUT2D eigenvalue weighted by atomic mass is 10.2. The Morgan fingerprint density at radius 1 is 1.21 bits per heavy atom. The lowest BCUT2D eigenvalue weighted by Crippen LogP contribution is -2.18. The monoisotopic (exact) mass is 285 g/mol. The Morgan fingerprint density at radius 2 is 2.05 bits per heavy atom. The number of hydrogen-bond acceptors (Lipinski definition) is 3. The van der Waals surface area contributed by atoms with Crippen molar-refractivity contribution in [2.75, 3.05) is 26.9 Å². The summed E-state index contributed by atoms with van der Waals surface area (Å²) >= 11 is 6.20. The summed E-state index contributed by atoms with van der Waals surface area (Å²) in [6, 6.07) is 5.94. The summed E-state index contributed by atoms with van der Waals surface area (Å²) in [4.78, 5) is 0. The number of unbranched alkanes of at least 4 members (excludes halogenated alkanes) is 2. The smallest absolute Gasteiger partial charge is 0.137 e. The molecule has 0 amide bonds. The molecular formula is C15H24ClNO2. The Bertz CT molecular complexity index is 358. The zero-order chi connectivity index (χ0) is 13.9. The van der Waals surface area contributed by atoms with Gasteiger partial charge in [0.2, 0.25) is 0 Å². The summed E-state index contributed by atoms with van der Waals surface area (Å²) in [6.07, 6.45) is 3.47. The van der Waals surface area contributed by atoms with Crippen molar-refractivity contribution >= 4 is 11.6 Å². The quantitative estimate of drug-likeness (QED) is 0.666. The highest BCUT2D eigenvalue weighted by molar-refractivity contribution is 6.32. The van der Waals surface area contributed by atoms with Crippen molar-refractivity contribution in [1.82, 2.24) is 5.32 Å². The van der Waals surface area contributed by atoms with Gasteiger partial charge >= 0.3 is 0 Å². The number of benzene rings is 1. The minimum absolute atomic E-state index is 0.683. The molecule has 0 spiro atoms. The van der Waals surface area contributed by atoms with Gasteiger partial charge in [-0.15, -0.1) is 0 Å². The molecule has 3 nitrogen and oxygen atoms in total. The molecule has 4 heteroatoms. The van der Waals surface area contributed by atoms with Crippen LogP contribution in [0.2, 0.25) is 5.02 Å². The lowest BCUT2D eigenvalue weighted by molar-refractivity contribution is 0.199. The van der Waals surface area contributed by atoms with Crippen molar-refractivity contribution in [3.63, 3.8) is 0 Å². The molecule has 0 saturated heterocycles. The normalized spacial score (nSPS) is 10.7. The first-order chi connectivity index (χ1) is 9.27. The van der Waals surface area contributed by atoms with Crippen molar-refractivity contribution in [3.8, 4) is 5.75 Å². The van der Waals surface area contributed by atoms with Crippen LogP contribution in [0.1, 0.15) is 31.7 Å². The summed E-state index contributed by atoms with van der Waals surface area (Å²) in [7, 11) is 1.70. The summed E-state index contributed by atoms with van der Waals surface area (Å²) in [5, 5.41) is 3.97. The van der Waals surface area contributed by atoms with Crippen molar-refractivity contribution in [1.29, 1.82) is 0 Å². The molecule has 1 rings (SSSR count). The Balaban J connectivity index is 2.36. The first kappa shape index (κ1) is 16.3. The zero-order valence-corrected chi connectivity index (χ0v) is 12.6. The van der Waals surface area contributed by atoms with Crippen LogP contribution in [-0.4, -0.2) is 26.9 Å². The van der Waals surface area contributed by atoms with E-state index in [4.69, 9.17) is 21.1 Å². The maximum absolute atomic E-state index is 6.20. The van der Waals surface area contributed by atoms with Gasteiger partial charge in [0.15, 0.2) is 0 Å². The summed E-state index contributed by atoms with van der Waals surface area (Å²) in [5.41, 5.74) is 1.15. The van der Waals surface area contributed by atoms with Gasteiger partial charge in [-0.25, -0.2) is 0 Å². The van der Waals surface area contributed by atoms with Gasteiger partial charge in [-0.2, -0.15) is 0 Å². The van der Waals surface area contributed by atoms with Crippen molar-refractivity contribution < 1.29 is 9.47 Å². The van der Waals surface area contributed by atoms with Gasteiger partial charge in [0.05, 0.1) is 18.2 Å². The standard InChI is InChI=1S/C15H24ClNO2/c1-3-4-5-9-19-15-7-6-13(11-14(15)16)12-17-8-10-18-2/h6-7,11,17H,3-5,8-10,12H2,1-2H3. The summed E-state index contributed by atoms with van der Waals surface area (Å²) < 4.78 is 10.6. The molecule has 19 heavy (non-hydrogen) atoms. The summed E-state index contributed by atoms with van der Waals surface area (Å²) in [6.45, 7) is 5.26. The van der Waals surface area contributed by atoms with Gasteiger partial charge in [0.1, 0.15) is 5.75 Å². The second-order valence-corrected chi connectivity index (χ2v) is 4.90. The number of hydrogen-bond donors (Lipinski definition) is 1. The van der Waals surface area contributed by atoms with E-state index < -0.39 is 0 Å². The van der Waals surface area contributed by atoms with Gasteiger partial charge in [0, 0.05) is 20.2 Å². The Kier molecular flexibility index (Phi) is 8.63. The number of rotatable bonds is 10. The third-order valence-electron chi connectivity index (χ3n) is 2.81. The molecule has 0 radical (unpaired) electrons. The first-order valence-electron chi connectivity index (χ1n) is 6.88. The van der Waals surface area contributed by atoms with Gasteiger partial charge in [0.25, 0.3) is 0 Å². The maximum atomic E-state index is 6.20. The minimum Gasteiger partial charge on any atom is -0.492 e. The lowest BCUT2D eigenvalue weighted by Gasteiger charge is -2.10. The molecule has 1 N–H and O–H groups in total. The van der Waals surface area contributed by atoms with E-state index in [9.17, 15) is 0 Å². The van der Waals surface area contributed by atoms with E-state index in [0.717, 1.165) is 37.4 Å². The topological polar surface area (TPSA) is 30.5 Å². The molecule has 0 bridgehead atoms. The fourth-order valence-electron chi connectivity index (χ4n) is 1.71. The number of methoxy groups -OCH3 is 1. The predicted molar refractivity (Wildman–Crippen MR) is 80.1 cm³/mol. The average molecular weight is 286 g/mol. The molecule has 1 aromatic rings. The highest BCUT2D eigenvalue weighted by Gasteiger charge is 2.03. The van der Waals surface area contributed by atoms with Gasteiger partial charge in [-0.05, 0) is 24.1 Å². The maximum Gasteiger partial charge on any atom is 0.137 e. The molecule has 0 unspecified atom stereocenters. The largest absolute Gasteiger partial charge is 0.492 e. The summed E-state index contributed by atoms with van der Waals surface area (Å²) in [5.74, 6) is 0.776. The molecule has 0 fully saturated rings. The molecule has 0 atom stereocenters. The van der Waals surface area contributed by atoms with Gasteiger partial charge in [-0.1, -0.05) is 37.4 Å². The van der Waals surface area contributed by atoms with Crippen molar-refractivity contribution in [2.45, 2.75) is 32.7 Å². The molecule has 0 aliphatic heterocycles. The van der Waals surface area contributed by atoms with E-state index in [0.29, 0.717) is 11.6 Å². The molecule has 0 aliphatic carbocycles. The predicted octanol–water partition coefficient (Wildman–Crippen LogP) is 3.65. The van der Waals surface area contributed by atoms with E-state index >= 15 is 0 Å². The van der Waals surface area contributed by atoms with Crippen LogP contribution in [0.3, 0.4) is 0 Å². The van der Waals surface area contributed by atoms with Gasteiger partial charge < -0.3 is 14.8 Å². The fraction of sp³-hybridized carbons (Fsp3) is 0.600. The molecule has 0 saturated carbocycles. The molecule has 108 valence electrons. The van der Waals surface area contributed by atoms with Crippen LogP contribution in [0.5, 0.6) is 5.75 Å². The van der Waals surface area contributed by atoms with Crippen LogP contribution in [0, 0.1) is 0 Å². The van der Waals surface area contributed by atoms with Crippen LogP contribution in [-0.2, 0) is 11.3 Å². The molecule has 0 aliphatic rings. The van der Waals surface area contributed by atoms with Crippen LogP contribution in [0.25, 0.3) is 0 Å².